The van der Waals surface area contributed by atoms with Crippen molar-refractivity contribution in [1.82, 2.24) is 4.57 Å². The fourth-order valence-corrected chi connectivity index (χ4v) is 2.96. The van der Waals surface area contributed by atoms with Gasteiger partial charge in [-0.2, -0.15) is 0 Å². The number of Topliss-reactive ketones (excluding diaryl/α,β-unsaturated/α-hetero) is 1. The molecule has 0 aliphatic rings. The highest BCUT2D eigenvalue weighted by atomic mass is 16.5. The molecule has 0 amide bonds. The first-order valence-electron chi connectivity index (χ1n) is 8.74. The van der Waals surface area contributed by atoms with Crippen LogP contribution in [0.25, 0.3) is 10.9 Å². The quantitative estimate of drug-likeness (QED) is 0.589. The molecule has 2 N–H and O–H groups in total. The summed E-state index contributed by atoms with van der Waals surface area (Å²) in [6, 6.07) is 11.7. The van der Waals surface area contributed by atoms with Crippen molar-refractivity contribution >= 4 is 22.7 Å². The van der Waals surface area contributed by atoms with Crippen LogP contribution in [-0.2, 0) is 11.8 Å². The van der Waals surface area contributed by atoms with E-state index >= 15 is 0 Å². The van der Waals surface area contributed by atoms with E-state index in [-0.39, 0.29) is 11.8 Å². The highest BCUT2D eigenvalue weighted by Crippen LogP contribution is 2.32. The second kappa shape index (κ2) is 8.05. The second-order valence-corrected chi connectivity index (χ2v) is 6.36. The van der Waals surface area contributed by atoms with Crippen LogP contribution in [0.3, 0.4) is 0 Å². The van der Waals surface area contributed by atoms with E-state index in [9.17, 15) is 19.5 Å². The molecule has 1 aromatic heterocycles. The van der Waals surface area contributed by atoms with Crippen LogP contribution in [0.5, 0.6) is 23.0 Å². The van der Waals surface area contributed by atoms with Crippen molar-refractivity contribution in [3.05, 3.63) is 58.4 Å². The number of methoxy groups -OCH3 is 1. The van der Waals surface area contributed by atoms with E-state index < -0.39 is 35.0 Å². The number of fused-ring (bicyclic) bond motifs is 1. The van der Waals surface area contributed by atoms with Crippen molar-refractivity contribution < 1.29 is 29.3 Å². The summed E-state index contributed by atoms with van der Waals surface area (Å²) in [5, 5.41) is 19.5. The number of aliphatic carboxylic acids is 1. The SMILES string of the molecule is COc1cccc(Oc2ccc3c(O)c(C(=O)CCC(=O)O)c(=O)n(C)c3c2)c1. The van der Waals surface area contributed by atoms with Crippen molar-refractivity contribution in [3.63, 3.8) is 0 Å². The van der Waals surface area contributed by atoms with Crippen molar-refractivity contribution in [1.29, 1.82) is 0 Å². The summed E-state index contributed by atoms with van der Waals surface area (Å²) < 4.78 is 12.2. The van der Waals surface area contributed by atoms with Crippen LogP contribution in [0.15, 0.2) is 47.3 Å². The largest absolute Gasteiger partial charge is 0.506 e. The number of benzene rings is 2. The van der Waals surface area contributed by atoms with Crippen LogP contribution in [0.1, 0.15) is 23.2 Å². The molecule has 0 unspecified atom stereocenters. The molecule has 0 saturated heterocycles. The minimum Gasteiger partial charge on any atom is -0.506 e. The van der Waals surface area contributed by atoms with Gasteiger partial charge in [0.2, 0.25) is 0 Å². The molecule has 0 bridgehead atoms. The predicted molar refractivity (Wildman–Crippen MR) is 105 cm³/mol. The number of carbonyl (C=O) groups excluding carboxylic acids is 1. The maximum Gasteiger partial charge on any atom is 0.303 e. The number of carbonyl (C=O) groups is 2. The Kier molecular flexibility index (Phi) is 5.54. The molecule has 3 rings (SSSR count). The van der Waals surface area contributed by atoms with Gasteiger partial charge in [0.05, 0.1) is 19.0 Å². The Morgan fingerprint density at radius 3 is 2.41 bits per heavy atom. The monoisotopic (exact) mass is 397 g/mol. The van der Waals surface area contributed by atoms with Crippen molar-refractivity contribution in [3.8, 4) is 23.0 Å². The molecule has 1 heterocycles. The number of pyridine rings is 1. The zero-order chi connectivity index (χ0) is 21.1. The fraction of sp³-hybridized carbons (Fsp3) is 0.190. The minimum atomic E-state index is -1.16. The first-order valence-corrected chi connectivity index (χ1v) is 8.74. The Hall–Kier alpha value is -3.81. The Morgan fingerprint density at radius 2 is 1.72 bits per heavy atom. The summed E-state index contributed by atoms with van der Waals surface area (Å²) in [6.45, 7) is 0. The molecule has 150 valence electrons. The summed E-state index contributed by atoms with van der Waals surface area (Å²) in [6.07, 6.45) is -0.798. The third-order valence-corrected chi connectivity index (χ3v) is 4.46. The Balaban J connectivity index is 2.02. The maximum absolute atomic E-state index is 12.6. The summed E-state index contributed by atoms with van der Waals surface area (Å²) in [5.41, 5.74) is -0.755. The first-order chi connectivity index (χ1) is 13.8. The van der Waals surface area contributed by atoms with Crippen LogP contribution in [0.4, 0.5) is 0 Å². The topological polar surface area (TPSA) is 115 Å². The average Bonchev–Trinajstić information content (AvgIpc) is 2.70. The summed E-state index contributed by atoms with van der Waals surface area (Å²) in [4.78, 5) is 35.6. The van der Waals surface area contributed by atoms with E-state index in [1.54, 1.807) is 43.5 Å². The number of aromatic nitrogens is 1. The van der Waals surface area contributed by atoms with Gasteiger partial charge in [0.25, 0.3) is 5.56 Å². The van der Waals surface area contributed by atoms with E-state index in [0.717, 1.165) is 0 Å². The number of hydrogen-bond donors (Lipinski definition) is 2. The Bertz CT molecular complexity index is 1160. The van der Waals surface area contributed by atoms with Crippen LogP contribution in [0, 0.1) is 0 Å². The lowest BCUT2D eigenvalue weighted by atomic mass is 10.0. The lowest BCUT2D eigenvalue weighted by Crippen LogP contribution is -2.25. The summed E-state index contributed by atoms with van der Waals surface area (Å²) in [7, 11) is 3.01. The van der Waals surface area contributed by atoms with Gasteiger partial charge < -0.3 is 24.3 Å². The van der Waals surface area contributed by atoms with Gasteiger partial charge in [-0.3, -0.25) is 14.4 Å². The predicted octanol–water partition coefficient (Wildman–Crippen LogP) is 3.09. The van der Waals surface area contributed by atoms with Gasteiger partial charge in [0, 0.05) is 31.0 Å². The molecule has 0 atom stereocenters. The van der Waals surface area contributed by atoms with Gasteiger partial charge in [-0.1, -0.05) is 6.07 Å². The number of hydrogen-bond acceptors (Lipinski definition) is 6. The number of ketones is 1. The Morgan fingerprint density at radius 1 is 1.03 bits per heavy atom. The zero-order valence-corrected chi connectivity index (χ0v) is 15.8. The molecule has 0 saturated carbocycles. The van der Waals surface area contributed by atoms with Crippen molar-refractivity contribution in [2.45, 2.75) is 12.8 Å². The lowest BCUT2D eigenvalue weighted by molar-refractivity contribution is -0.136. The maximum atomic E-state index is 12.6. The number of carboxylic acids is 1. The zero-order valence-electron chi connectivity index (χ0n) is 15.8. The van der Waals surface area contributed by atoms with E-state index in [0.29, 0.717) is 22.8 Å². The number of rotatable bonds is 7. The molecule has 0 aliphatic heterocycles. The molecular weight excluding hydrogens is 378 g/mol. The summed E-state index contributed by atoms with van der Waals surface area (Å²) >= 11 is 0. The van der Waals surface area contributed by atoms with Gasteiger partial charge in [0.1, 0.15) is 28.6 Å². The molecule has 0 spiro atoms. The standard InChI is InChI=1S/C21H19NO7/c1-22-16-11-14(29-13-5-3-4-12(10-13)28-2)6-7-15(16)20(26)19(21(22)27)17(23)8-9-18(24)25/h3-7,10-11,26H,8-9H2,1-2H3,(H,24,25). The smallest absolute Gasteiger partial charge is 0.303 e. The van der Waals surface area contributed by atoms with Crippen molar-refractivity contribution in [2.24, 2.45) is 7.05 Å². The third-order valence-electron chi connectivity index (χ3n) is 4.46. The van der Waals surface area contributed by atoms with E-state index in [1.807, 2.05) is 0 Å². The Labute approximate surface area is 165 Å². The van der Waals surface area contributed by atoms with Crippen LogP contribution < -0.4 is 15.0 Å². The molecule has 0 radical (unpaired) electrons. The van der Waals surface area contributed by atoms with Crippen molar-refractivity contribution in [2.75, 3.05) is 7.11 Å². The number of aryl methyl sites for hydroxylation is 1. The fourth-order valence-electron chi connectivity index (χ4n) is 2.96. The summed E-state index contributed by atoms with van der Waals surface area (Å²) in [5.74, 6) is -0.772. The van der Waals surface area contributed by atoms with Gasteiger partial charge >= 0.3 is 5.97 Å². The van der Waals surface area contributed by atoms with Crippen LogP contribution >= 0.6 is 0 Å². The normalized spacial score (nSPS) is 10.7. The molecule has 29 heavy (non-hydrogen) atoms. The third kappa shape index (κ3) is 4.06. The molecule has 0 aliphatic carbocycles. The number of aromatic hydroxyl groups is 1. The highest BCUT2D eigenvalue weighted by molar-refractivity contribution is 6.04. The first kappa shape index (κ1) is 19.9. The molecule has 2 aromatic carbocycles. The molecular formula is C21H19NO7. The molecule has 8 heteroatoms. The number of ether oxygens (including phenoxy) is 2. The highest BCUT2D eigenvalue weighted by Gasteiger charge is 2.22. The average molecular weight is 397 g/mol. The number of nitrogens with zero attached hydrogens (tertiary/aromatic N) is 1. The minimum absolute atomic E-state index is 0.281. The van der Waals surface area contributed by atoms with E-state index in [2.05, 4.69) is 0 Å². The second-order valence-electron chi connectivity index (χ2n) is 6.36. The van der Waals surface area contributed by atoms with Gasteiger partial charge in [-0.25, -0.2) is 0 Å². The van der Waals surface area contributed by atoms with Crippen LogP contribution in [0.2, 0.25) is 0 Å². The van der Waals surface area contributed by atoms with Gasteiger partial charge in [-0.05, 0) is 24.3 Å². The number of carboxylic acid groups (broad SMARTS) is 1. The molecule has 0 fully saturated rings. The van der Waals surface area contributed by atoms with Gasteiger partial charge in [0.15, 0.2) is 5.78 Å². The van der Waals surface area contributed by atoms with E-state index in [1.165, 1.54) is 17.7 Å². The molecule has 8 nitrogen and oxygen atoms in total. The molecule has 3 aromatic rings. The van der Waals surface area contributed by atoms with E-state index in [4.69, 9.17) is 14.6 Å². The van der Waals surface area contributed by atoms with Crippen LogP contribution in [-0.4, -0.2) is 33.6 Å². The lowest BCUT2D eigenvalue weighted by Gasteiger charge is -2.13. The van der Waals surface area contributed by atoms with Gasteiger partial charge in [-0.15, -0.1) is 0 Å².